The molecule has 1 aliphatic carbocycles. The van der Waals surface area contributed by atoms with Crippen molar-refractivity contribution in [1.29, 1.82) is 0 Å². The van der Waals surface area contributed by atoms with Crippen LogP contribution in [-0.4, -0.2) is 6.04 Å². The smallest absolute Gasteiger partial charge is 0.125 e. The number of nitrogens with one attached hydrogen (secondary N) is 1. The highest BCUT2D eigenvalue weighted by Gasteiger charge is 2.27. The Morgan fingerprint density at radius 3 is 2.71 bits per heavy atom. The molecule has 2 atom stereocenters. The molecule has 0 amide bonds. The molecular formula is C15H22FN. The van der Waals surface area contributed by atoms with Crippen LogP contribution in [-0.2, 0) is 0 Å². The molecule has 0 spiro atoms. The van der Waals surface area contributed by atoms with E-state index in [0.717, 1.165) is 5.69 Å². The summed E-state index contributed by atoms with van der Waals surface area (Å²) < 4.78 is 13.1. The van der Waals surface area contributed by atoms with E-state index in [1.807, 2.05) is 6.07 Å². The number of benzene rings is 1. The molecule has 1 fully saturated rings. The van der Waals surface area contributed by atoms with E-state index in [9.17, 15) is 4.39 Å². The third-order valence-corrected chi connectivity index (χ3v) is 3.85. The summed E-state index contributed by atoms with van der Waals surface area (Å²) in [7, 11) is 0. The maximum absolute atomic E-state index is 13.1. The van der Waals surface area contributed by atoms with E-state index in [1.54, 1.807) is 12.1 Å². The van der Waals surface area contributed by atoms with Gasteiger partial charge in [-0.05, 0) is 42.9 Å². The maximum Gasteiger partial charge on any atom is 0.125 e. The number of hydrogen-bond donors (Lipinski definition) is 1. The third-order valence-electron chi connectivity index (χ3n) is 3.85. The van der Waals surface area contributed by atoms with Gasteiger partial charge in [0.15, 0.2) is 0 Å². The molecule has 1 aromatic rings. The minimum absolute atomic E-state index is 0.160. The molecule has 0 radical (unpaired) electrons. The molecule has 2 unspecified atom stereocenters. The van der Waals surface area contributed by atoms with Crippen LogP contribution < -0.4 is 5.32 Å². The van der Waals surface area contributed by atoms with Crippen LogP contribution in [0, 0.1) is 17.7 Å². The second kappa shape index (κ2) is 5.52. The van der Waals surface area contributed by atoms with Gasteiger partial charge in [0.1, 0.15) is 5.82 Å². The van der Waals surface area contributed by atoms with E-state index in [1.165, 1.54) is 31.7 Å². The number of hydrogen-bond acceptors (Lipinski definition) is 1. The fourth-order valence-corrected chi connectivity index (χ4v) is 2.93. The van der Waals surface area contributed by atoms with Crippen LogP contribution in [0.25, 0.3) is 0 Å². The van der Waals surface area contributed by atoms with E-state index in [-0.39, 0.29) is 5.82 Å². The first-order valence-corrected chi connectivity index (χ1v) is 6.69. The number of anilines is 1. The molecular weight excluding hydrogens is 213 g/mol. The lowest BCUT2D eigenvalue weighted by Gasteiger charge is -2.35. The predicted molar refractivity (Wildman–Crippen MR) is 70.6 cm³/mol. The molecule has 0 saturated heterocycles. The molecule has 0 bridgehead atoms. The van der Waals surface area contributed by atoms with Gasteiger partial charge in [0.25, 0.3) is 0 Å². The van der Waals surface area contributed by atoms with Gasteiger partial charge in [-0.3, -0.25) is 0 Å². The minimum atomic E-state index is -0.160. The highest BCUT2D eigenvalue weighted by molar-refractivity contribution is 5.44. The van der Waals surface area contributed by atoms with E-state index in [0.29, 0.717) is 17.9 Å². The molecule has 1 nitrogen and oxygen atoms in total. The van der Waals surface area contributed by atoms with Crippen molar-refractivity contribution in [2.75, 3.05) is 5.32 Å². The summed E-state index contributed by atoms with van der Waals surface area (Å²) in [6.07, 6.45) is 5.13. The van der Waals surface area contributed by atoms with Crippen molar-refractivity contribution < 1.29 is 4.39 Å². The standard InChI is InChI=1S/C15H22FN/c1-11(2)14-8-3-4-9-15(14)17-13-7-5-6-12(16)10-13/h5-7,10-11,14-15,17H,3-4,8-9H2,1-2H3. The fourth-order valence-electron chi connectivity index (χ4n) is 2.93. The average molecular weight is 235 g/mol. The molecule has 2 rings (SSSR count). The van der Waals surface area contributed by atoms with E-state index >= 15 is 0 Å². The van der Waals surface area contributed by atoms with Crippen molar-refractivity contribution in [2.24, 2.45) is 11.8 Å². The zero-order valence-electron chi connectivity index (χ0n) is 10.7. The molecule has 1 aliphatic rings. The predicted octanol–water partition coefficient (Wildman–Crippen LogP) is 4.45. The van der Waals surface area contributed by atoms with Gasteiger partial charge < -0.3 is 5.32 Å². The molecule has 1 N–H and O–H groups in total. The lowest BCUT2D eigenvalue weighted by molar-refractivity contribution is 0.254. The van der Waals surface area contributed by atoms with E-state index < -0.39 is 0 Å². The number of halogens is 1. The molecule has 0 heterocycles. The first-order valence-electron chi connectivity index (χ1n) is 6.69. The van der Waals surface area contributed by atoms with Gasteiger partial charge in [-0.1, -0.05) is 32.8 Å². The van der Waals surface area contributed by atoms with Crippen LogP contribution in [0.5, 0.6) is 0 Å². The van der Waals surface area contributed by atoms with Gasteiger partial charge in [-0.2, -0.15) is 0 Å². The lowest BCUT2D eigenvalue weighted by atomic mass is 9.78. The van der Waals surface area contributed by atoms with Gasteiger partial charge in [0.2, 0.25) is 0 Å². The van der Waals surface area contributed by atoms with Gasteiger partial charge in [0, 0.05) is 11.7 Å². The highest BCUT2D eigenvalue weighted by Crippen LogP contribution is 2.32. The highest BCUT2D eigenvalue weighted by atomic mass is 19.1. The Balaban J connectivity index is 2.05. The summed E-state index contributed by atoms with van der Waals surface area (Å²) in [5.41, 5.74) is 0.919. The molecule has 94 valence electrons. The molecule has 17 heavy (non-hydrogen) atoms. The Morgan fingerprint density at radius 2 is 2.00 bits per heavy atom. The summed E-state index contributed by atoms with van der Waals surface area (Å²) in [6.45, 7) is 4.58. The van der Waals surface area contributed by atoms with Crippen LogP contribution in [0.3, 0.4) is 0 Å². The summed E-state index contributed by atoms with van der Waals surface area (Å²) in [5, 5.41) is 3.51. The topological polar surface area (TPSA) is 12.0 Å². The minimum Gasteiger partial charge on any atom is -0.382 e. The van der Waals surface area contributed by atoms with Crippen LogP contribution in [0.2, 0.25) is 0 Å². The summed E-state index contributed by atoms with van der Waals surface area (Å²) in [4.78, 5) is 0. The second-order valence-electron chi connectivity index (χ2n) is 5.45. The van der Waals surface area contributed by atoms with Gasteiger partial charge in [-0.25, -0.2) is 4.39 Å². The fraction of sp³-hybridized carbons (Fsp3) is 0.600. The zero-order chi connectivity index (χ0) is 12.3. The van der Waals surface area contributed by atoms with Gasteiger partial charge in [-0.15, -0.1) is 0 Å². The zero-order valence-corrected chi connectivity index (χ0v) is 10.7. The summed E-state index contributed by atoms with van der Waals surface area (Å²) in [6, 6.07) is 7.31. The molecule has 0 aliphatic heterocycles. The van der Waals surface area contributed by atoms with Crippen molar-refractivity contribution in [3.05, 3.63) is 30.1 Å². The van der Waals surface area contributed by atoms with Crippen LogP contribution in [0.4, 0.5) is 10.1 Å². The van der Waals surface area contributed by atoms with Gasteiger partial charge in [0.05, 0.1) is 0 Å². The van der Waals surface area contributed by atoms with Crippen molar-refractivity contribution in [1.82, 2.24) is 0 Å². The quantitative estimate of drug-likeness (QED) is 0.816. The van der Waals surface area contributed by atoms with Crippen LogP contribution >= 0.6 is 0 Å². The Labute approximate surface area is 103 Å². The molecule has 1 saturated carbocycles. The Hall–Kier alpha value is -1.05. The SMILES string of the molecule is CC(C)C1CCCCC1Nc1cccc(F)c1. The number of rotatable bonds is 3. The van der Waals surface area contributed by atoms with Crippen molar-refractivity contribution in [3.8, 4) is 0 Å². The van der Waals surface area contributed by atoms with Crippen molar-refractivity contribution in [3.63, 3.8) is 0 Å². The lowest BCUT2D eigenvalue weighted by Crippen LogP contribution is -2.35. The summed E-state index contributed by atoms with van der Waals surface area (Å²) >= 11 is 0. The van der Waals surface area contributed by atoms with E-state index in [4.69, 9.17) is 0 Å². The monoisotopic (exact) mass is 235 g/mol. The second-order valence-corrected chi connectivity index (χ2v) is 5.45. The molecule has 0 aromatic heterocycles. The first-order chi connectivity index (χ1) is 8.16. The first kappa shape index (κ1) is 12.4. The van der Waals surface area contributed by atoms with Crippen molar-refractivity contribution >= 4 is 5.69 Å². The van der Waals surface area contributed by atoms with Crippen LogP contribution in [0.1, 0.15) is 39.5 Å². The van der Waals surface area contributed by atoms with Gasteiger partial charge >= 0.3 is 0 Å². The largest absolute Gasteiger partial charge is 0.382 e. The Bertz CT molecular complexity index is 362. The van der Waals surface area contributed by atoms with Crippen molar-refractivity contribution in [2.45, 2.75) is 45.6 Å². The Kier molecular flexibility index (Phi) is 4.03. The molecule has 1 aromatic carbocycles. The Morgan fingerprint density at radius 1 is 1.24 bits per heavy atom. The molecule has 2 heteroatoms. The summed E-state index contributed by atoms with van der Waals surface area (Å²) in [5.74, 6) is 1.25. The normalized spacial score (nSPS) is 24.9. The van der Waals surface area contributed by atoms with E-state index in [2.05, 4.69) is 19.2 Å². The van der Waals surface area contributed by atoms with Crippen LogP contribution in [0.15, 0.2) is 24.3 Å². The average Bonchev–Trinajstić information content (AvgIpc) is 2.29. The maximum atomic E-state index is 13.1. The third kappa shape index (κ3) is 3.21.